The fraction of sp³-hybridized carbons (Fsp3) is 0.577. The molecular formula is C26H30F2N4O4. The van der Waals surface area contributed by atoms with E-state index >= 15 is 0 Å². The Bertz CT molecular complexity index is 1130. The Labute approximate surface area is 208 Å². The normalized spacial score (nSPS) is 24.6. The average Bonchev–Trinajstić information content (AvgIpc) is 3.51. The number of likely N-dealkylation sites (tertiary alicyclic amines) is 1. The number of benzene rings is 1. The van der Waals surface area contributed by atoms with Crippen LogP contribution in [-0.4, -0.2) is 57.9 Å². The number of ketones is 1. The van der Waals surface area contributed by atoms with Crippen molar-refractivity contribution >= 4 is 23.5 Å². The zero-order valence-corrected chi connectivity index (χ0v) is 20.4. The van der Waals surface area contributed by atoms with Crippen LogP contribution in [0.1, 0.15) is 56.2 Å². The molecule has 0 saturated carbocycles. The van der Waals surface area contributed by atoms with Gasteiger partial charge in [-0.15, -0.1) is 0 Å². The number of nitrogens with zero attached hydrogens (tertiary/aromatic N) is 3. The number of nitrogens with one attached hydrogen (secondary N) is 1. The molecule has 1 N–H and O–H groups in total. The Morgan fingerprint density at radius 2 is 2.00 bits per heavy atom. The molecule has 10 heteroatoms. The molecule has 1 aromatic carbocycles. The van der Waals surface area contributed by atoms with Gasteiger partial charge in [-0.1, -0.05) is 32.0 Å². The number of alkyl halides is 2. The van der Waals surface area contributed by atoms with Crippen LogP contribution in [0, 0.1) is 23.2 Å². The first-order valence-electron chi connectivity index (χ1n) is 12.3. The molecule has 3 aliphatic rings. The van der Waals surface area contributed by atoms with E-state index in [4.69, 9.17) is 5.26 Å². The van der Waals surface area contributed by atoms with Crippen molar-refractivity contribution in [1.29, 1.82) is 5.26 Å². The van der Waals surface area contributed by atoms with Crippen molar-refractivity contribution in [3.05, 3.63) is 34.9 Å². The van der Waals surface area contributed by atoms with Crippen molar-refractivity contribution in [3.8, 4) is 6.07 Å². The zero-order chi connectivity index (χ0) is 26.2. The number of carbonyl (C=O) groups excluding carboxylic acids is 4. The van der Waals surface area contributed by atoms with Crippen molar-refractivity contribution in [2.75, 3.05) is 6.54 Å². The van der Waals surface area contributed by atoms with Gasteiger partial charge in [0.15, 0.2) is 0 Å². The lowest BCUT2D eigenvalue weighted by atomic mass is 9.96. The molecule has 0 aromatic heterocycles. The third kappa shape index (κ3) is 5.25. The second-order valence-corrected chi connectivity index (χ2v) is 10.3. The fourth-order valence-corrected chi connectivity index (χ4v) is 5.23. The summed E-state index contributed by atoms with van der Waals surface area (Å²) in [5, 5.41) is 11.7. The molecule has 0 bridgehead atoms. The maximum atomic E-state index is 13.7. The molecule has 3 heterocycles. The molecule has 0 unspecified atom stereocenters. The van der Waals surface area contributed by atoms with Gasteiger partial charge in [-0.25, -0.2) is 8.78 Å². The number of halogens is 2. The van der Waals surface area contributed by atoms with E-state index in [0.29, 0.717) is 25.9 Å². The fourth-order valence-electron chi connectivity index (χ4n) is 5.23. The summed E-state index contributed by atoms with van der Waals surface area (Å²) in [6, 6.07) is 5.30. The van der Waals surface area contributed by atoms with Crippen molar-refractivity contribution in [1.82, 2.24) is 15.1 Å². The highest BCUT2D eigenvalue weighted by molar-refractivity contribution is 5.94. The summed E-state index contributed by atoms with van der Waals surface area (Å²) in [7, 11) is 0. The molecule has 4 rings (SSSR count). The van der Waals surface area contributed by atoms with Crippen molar-refractivity contribution in [2.45, 2.75) is 77.0 Å². The van der Waals surface area contributed by atoms with Crippen LogP contribution in [0.2, 0.25) is 0 Å². The Balaban J connectivity index is 1.35. The maximum Gasteiger partial charge on any atom is 0.268 e. The number of amides is 3. The molecule has 0 spiro atoms. The van der Waals surface area contributed by atoms with E-state index in [9.17, 15) is 28.0 Å². The molecule has 2 saturated heterocycles. The van der Waals surface area contributed by atoms with Gasteiger partial charge in [-0.05, 0) is 29.5 Å². The summed E-state index contributed by atoms with van der Waals surface area (Å²) in [5.41, 5.74) is 3.08. The second-order valence-electron chi connectivity index (χ2n) is 10.3. The molecule has 3 atom stereocenters. The SMILES string of the molecule is CC(C)C(=O)CCc1cccc2c1CN(C(=O)C[C@@H]1C[C@@H](C(=O)N3CC(F)(F)C[C@H]3C#N)NC1=O)C2. The summed E-state index contributed by atoms with van der Waals surface area (Å²) in [4.78, 5) is 52.9. The molecule has 3 aliphatic heterocycles. The van der Waals surface area contributed by atoms with Gasteiger partial charge in [-0.2, -0.15) is 5.26 Å². The highest BCUT2D eigenvalue weighted by Crippen LogP contribution is 2.34. The van der Waals surface area contributed by atoms with Gasteiger partial charge in [0.1, 0.15) is 17.9 Å². The van der Waals surface area contributed by atoms with E-state index < -0.39 is 48.7 Å². The summed E-state index contributed by atoms with van der Waals surface area (Å²) in [6.07, 6.45) is 0.252. The molecule has 0 radical (unpaired) electrons. The minimum atomic E-state index is -3.14. The van der Waals surface area contributed by atoms with Gasteiger partial charge in [0.2, 0.25) is 17.7 Å². The van der Waals surface area contributed by atoms with Gasteiger partial charge in [0.25, 0.3) is 5.92 Å². The standard InChI is InChI=1S/C26H30F2N4O4/c1-15(2)22(33)7-6-16-4-3-5-17-12-31(13-20(16)17)23(34)9-18-8-21(30-24(18)35)25(36)32-14-26(27,28)10-19(32)11-29/h3-5,15,18-19,21H,6-10,12-14H2,1-2H3,(H,30,35)/t18-,19-,21-/m0/s1. The number of aryl methyl sites for hydroxylation is 1. The van der Waals surface area contributed by atoms with Crippen LogP contribution in [0.5, 0.6) is 0 Å². The predicted octanol–water partition coefficient (Wildman–Crippen LogP) is 2.34. The van der Waals surface area contributed by atoms with E-state index in [1.54, 1.807) is 11.0 Å². The number of Topliss-reactive ketones (excluding diaryl/α,β-unsaturated/α-hetero) is 1. The average molecular weight is 501 g/mol. The monoisotopic (exact) mass is 500 g/mol. The van der Waals surface area contributed by atoms with Crippen molar-refractivity contribution in [3.63, 3.8) is 0 Å². The summed E-state index contributed by atoms with van der Waals surface area (Å²) in [6.45, 7) is 3.69. The highest BCUT2D eigenvalue weighted by Gasteiger charge is 2.50. The Kier molecular flexibility index (Phi) is 7.12. The van der Waals surface area contributed by atoms with Crippen LogP contribution in [-0.2, 0) is 38.7 Å². The molecule has 2 fully saturated rings. The number of hydrogen-bond acceptors (Lipinski definition) is 5. The molecule has 8 nitrogen and oxygen atoms in total. The van der Waals surface area contributed by atoms with Gasteiger partial charge in [0, 0.05) is 44.2 Å². The number of nitriles is 1. The van der Waals surface area contributed by atoms with Crippen LogP contribution in [0.3, 0.4) is 0 Å². The Morgan fingerprint density at radius 1 is 1.25 bits per heavy atom. The van der Waals surface area contributed by atoms with E-state index in [0.717, 1.165) is 21.6 Å². The van der Waals surface area contributed by atoms with E-state index in [-0.39, 0.29) is 30.4 Å². The summed E-state index contributed by atoms with van der Waals surface area (Å²) in [5.74, 6) is -5.13. The second kappa shape index (κ2) is 9.96. The number of carbonyl (C=O) groups is 4. The summed E-state index contributed by atoms with van der Waals surface area (Å²) < 4.78 is 27.5. The highest BCUT2D eigenvalue weighted by atomic mass is 19.3. The Hall–Kier alpha value is -3.35. The van der Waals surface area contributed by atoms with Crippen LogP contribution in [0.15, 0.2) is 18.2 Å². The lowest BCUT2D eigenvalue weighted by Crippen LogP contribution is -2.46. The van der Waals surface area contributed by atoms with Gasteiger partial charge >= 0.3 is 0 Å². The first-order valence-corrected chi connectivity index (χ1v) is 12.3. The minimum absolute atomic E-state index is 0.0208. The molecule has 1 aromatic rings. The van der Waals surface area contributed by atoms with Gasteiger partial charge in [-0.3, -0.25) is 19.2 Å². The van der Waals surface area contributed by atoms with Crippen molar-refractivity contribution in [2.24, 2.45) is 11.8 Å². The first kappa shape index (κ1) is 25.7. The van der Waals surface area contributed by atoms with E-state index in [2.05, 4.69) is 5.32 Å². The van der Waals surface area contributed by atoms with Crippen molar-refractivity contribution < 1.29 is 28.0 Å². The third-order valence-electron chi connectivity index (χ3n) is 7.35. The van der Waals surface area contributed by atoms with Gasteiger partial charge in [0.05, 0.1) is 12.6 Å². The Morgan fingerprint density at radius 3 is 2.69 bits per heavy atom. The number of hydrogen-bond donors (Lipinski definition) is 1. The maximum absolute atomic E-state index is 13.7. The topological polar surface area (TPSA) is 111 Å². The molecule has 3 amide bonds. The van der Waals surface area contributed by atoms with Crippen LogP contribution in [0.25, 0.3) is 0 Å². The van der Waals surface area contributed by atoms with E-state index in [1.165, 1.54) is 0 Å². The zero-order valence-electron chi connectivity index (χ0n) is 20.4. The van der Waals surface area contributed by atoms with Crippen LogP contribution < -0.4 is 5.32 Å². The van der Waals surface area contributed by atoms with Gasteiger partial charge < -0.3 is 15.1 Å². The smallest absolute Gasteiger partial charge is 0.268 e. The largest absolute Gasteiger partial charge is 0.344 e. The quantitative estimate of drug-likeness (QED) is 0.618. The summed E-state index contributed by atoms with van der Waals surface area (Å²) >= 11 is 0. The number of rotatable bonds is 7. The first-order chi connectivity index (χ1) is 17.0. The molecule has 192 valence electrons. The van der Waals surface area contributed by atoms with E-state index in [1.807, 2.05) is 32.0 Å². The lowest BCUT2D eigenvalue weighted by Gasteiger charge is -2.22. The van der Waals surface area contributed by atoms with Crippen LogP contribution in [0.4, 0.5) is 8.78 Å². The molecular weight excluding hydrogens is 470 g/mol. The molecule has 0 aliphatic carbocycles. The predicted molar refractivity (Wildman–Crippen MR) is 124 cm³/mol. The molecule has 36 heavy (non-hydrogen) atoms. The minimum Gasteiger partial charge on any atom is -0.344 e. The number of fused-ring (bicyclic) bond motifs is 1. The lowest BCUT2D eigenvalue weighted by molar-refractivity contribution is -0.135. The third-order valence-corrected chi connectivity index (χ3v) is 7.35. The van der Waals surface area contributed by atoms with Crippen LogP contribution >= 0.6 is 0 Å².